The summed E-state index contributed by atoms with van der Waals surface area (Å²) in [5.41, 5.74) is 0.182. The molecule has 1 saturated heterocycles. The number of nitrogens with zero attached hydrogens (tertiary/aromatic N) is 1. The number of nitro groups is 1. The fourth-order valence-corrected chi connectivity index (χ4v) is 2.32. The molecule has 0 aromatic heterocycles. The Kier molecular flexibility index (Phi) is 5.06. The molecule has 0 unspecified atom stereocenters. The number of benzene rings is 1. The molecule has 6 nitrogen and oxygen atoms in total. The molecule has 0 radical (unpaired) electrons. The van der Waals surface area contributed by atoms with E-state index < -0.39 is 4.92 Å². The minimum atomic E-state index is -0.492. The van der Waals surface area contributed by atoms with Crippen LogP contribution in [-0.4, -0.2) is 24.0 Å². The molecule has 1 aliphatic rings. The van der Waals surface area contributed by atoms with E-state index in [0.29, 0.717) is 12.3 Å². The van der Waals surface area contributed by atoms with Gasteiger partial charge in [-0.05, 0) is 31.2 Å². The van der Waals surface area contributed by atoms with Gasteiger partial charge < -0.3 is 10.1 Å². The third kappa shape index (κ3) is 4.03. The summed E-state index contributed by atoms with van der Waals surface area (Å²) in [7, 11) is 0. The second-order valence-electron chi connectivity index (χ2n) is 4.92. The Morgan fingerprint density at radius 3 is 2.75 bits per heavy atom. The molecule has 0 spiro atoms. The summed E-state index contributed by atoms with van der Waals surface area (Å²) in [5.74, 6) is 0.339. The lowest BCUT2D eigenvalue weighted by atomic mass is 9.95. The number of para-hydroxylation sites is 2. The molecule has 0 atom stereocenters. The fourth-order valence-electron chi connectivity index (χ4n) is 2.32. The molecule has 0 saturated carbocycles. The number of hydrogen-bond acceptors (Lipinski definition) is 4. The second-order valence-corrected chi connectivity index (χ2v) is 4.92. The van der Waals surface area contributed by atoms with Crippen molar-refractivity contribution in [1.29, 1.82) is 0 Å². The molecule has 1 aliphatic heterocycles. The van der Waals surface area contributed by atoms with Crippen LogP contribution < -0.4 is 5.32 Å². The van der Waals surface area contributed by atoms with E-state index in [0.717, 1.165) is 32.5 Å². The summed E-state index contributed by atoms with van der Waals surface area (Å²) in [6.45, 7) is 1.52. The zero-order valence-electron chi connectivity index (χ0n) is 11.2. The number of nitro benzene ring substituents is 1. The van der Waals surface area contributed by atoms with Gasteiger partial charge >= 0.3 is 0 Å². The summed E-state index contributed by atoms with van der Waals surface area (Å²) < 4.78 is 5.27. The van der Waals surface area contributed by atoms with Crippen molar-refractivity contribution in [3.05, 3.63) is 34.4 Å². The largest absolute Gasteiger partial charge is 0.381 e. The maximum Gasteiger partial charge on any atom is 0.292 e. The Labute approximate surface area is 117 Å². The van der Waals surface area contributed by atoms with Crippen LogP contribution in [0.1, 0.15) is 25.7 Å². The first-order valence-electron chi connectivity index (χ1n) is 6.78. The first kappa shape index (κ1) is 14.5. The molecular formula is C14H18N2O4. The molecule has 1 fully saturated rings. The molecule has 1 N–H and O–H groups in total. The van der Waals surface area contributed by atoms with Crippen molar-refractivity contribution < 1.29 is 14.5 Å². The molecule has 0 bridgehead atoms. The molecule has 1 amide bonds. The van der Waals surface area contributed by atoms with Crippen LogP contribution in [0.25, 0.3) is 0 Å². The predicted molar refractivity (Wildman–Crippen MR) is 74.5 cm³/mol. The molecule has 1 aromatic carbocycles. The lowest BCUT2D eigenvalue weighted by Gasteiger charge is -2.21. The van der Waals surface area contributed by atoms with Crippen LogP contribution in [0.3, 0.4) is 0 Å². The van der Waals surface area contributed by atoms with E-state index >= 15 is 0 Å². The zero-order valence-corrected chi connectivity index (χ0v) is 11.2. The van der Waals surface area contributed by atoms with Crippen LogP contribution in [0, 0.1) is 16.0 Å². The van der Waals surface area contributed by atoms with E-state index in [9.17, 15) is 14.9 Å². The summed E-state index contributed by atoms with van der Waals surface area (Å²) in [5, 5.41) is 13.5. The third-order valence-corrected chi connectivity index (χ3v) is 3.50. The maximum absolute atomic E-state index is 11.9. The molecule has 20 heavy (non-hydrogen) atoms. The number of rotatable bonds is 5. The van der Waals surface area contributed by atoms with E-state index in [4.69, 9.17) is 4.74 Å². The number of carbonyl (C=O) groups excluding carboxylic acids is 1. The summed E-state index contributed by atoms with van der Waals surface area (Å²) in [6.07, 6.45) is 3.16. The number of nitrogens with one attached hydrogen (secondary N) is 1. The minimum Gasteiger partial charge on any atom is -0.381 e. The van der Waals surface area contributed by atoms with E-state index in [2.05, 4.69) is 5.32 Å². The van der Waals surface area contributed by atoms with Gasteiger partial charge in [0.05, 0.1) is 4.92 Å². The van der Waals surface area contributed by atoms with Crippen molar-refractivity contribution >= 4 is 17.3 Å². The minimum absolute atomic E-state index is 0.0769. The van der Waals surface area contributed by atoms with Gasteiger partial charge in [-0.15, -0.1) is 0 Å². The number of carbonyl (C=O) groups is 1. The van der Waals surface area contributed by atoms with Gasteiger partial charge in [-0.25, -0.2) is 0 Å². The third-order valence-electron chi connectivity index (χ3n) is 3.50. The van der Waals surface area contributed by atoms with E-state index in [-0.39, 0.29) is 17.3 Å². The maximum atomic E-state index is 11.9. The highest BCUT2D eigenvalue weighted by Crippen LogP contribution is 2.24. The fraction of sp³-hybridized carbons (Fsp3) is 0.500. The van der Waals surface area contributed by atoms with Crippen molar-refractivity contribution in [2.75, 3.05) is 18.5 Å². The predicted octanol–water partition coefficient (Wildman–Crippen LogP) is 2.74. The van der Waals surface area contributed by atoms with Gasteiger partial charge in [-0.1, -0.05) is 12.1 Å². The van der Waals surface area contributed by atoms with Crippen molar-refractivity contribution in [1.82, 2.24) is 0 Å². The zero-order chi connectivity index (χ0) is 14.4. The molecule has 6 heteroatoms. The highest BCUT2D eigenvalue weighted by Gasteiger charge is 2.17. The van der Waals surface area contributed by atoms with Crippen LogP contribution in [0.4, 0.5) is 11.4 Å². The van der Waals surface area contributed by atoms with Crippen LogP contribution in [0.5, 0.6) is 0 Å². The smallest absolute Gasteiger partial charge is 0.292 e. The lowest BCUT2D eigenvalue weighted by molar-refractivity contribution is -0.383. The van der Waals surface area contributed by atoms with Crippen molar-refractivity contribution in [3.63, 3.8) is 0 Å². The quantitative estimate of drug-likeness (QED) is 0.663. The average molecular weight is 278 g/mol. The summed E-state index contributed by atoms with van der Waals surface area (Å²) >= 11 is 0. The highest BCUT2D eigenvalue weighted by molar-refractivity contribution is 5.92. The topological polar surface area (TPSA) is 81.5 Å². The molecule has 1 heterocycles. The first-order chi connectivity index (χ1) is 9.66. The second kappa shape index (κ2) is 7.00. The van der Waals surface area contributed by atoms with Gasteiger partial charge in [0.2, 0.25) is 5.91 Å². The van der Waals surface area contributed by atoms with Crippen LogP contribution in [-0.2, 0) is 9.53 Å². The normalized spacial score (nSPS) is 15.8. The van der Waals surface area contributed by atoms with Gasteiger partial charge in [-0.2, -0.15) is 0 Å². The monoisotopic (exact) mass is 278 g/mol. The Morgan fingerprint density at radius 2 is 2.05 bits per heavy atom. The van der Waals surface area contributed by atoms with E-state index in [1.807, 2.05) is 0 Å². The summed E-state index contributed by atoms with van der Waals surface area (Å²) in [4.78, 5) is 22.2. The SMILES string of the molecule is O=C(CCC1CCOCC1)Nc1ccccc1[N+](=O)[O-]. The van der Waals surface area contributed by atoms with E-state index in [1.54, 1.807) is 18.2 Å². The molecule has 0 aliphatic carbocycles. The number of hydrogen-bond donors (Lipinski definition) is 1. The molecule has 108 valence electrons. The van der Waals surface area contributed by atoms with Gasteiger partial charge in [0.25, 0.3) is 5.69 Å². The van der Waals surface area contributed by atoms with Crippen molar-refractivity contribution in [3.8, 4) is 0 Å². The molecule has 1 aromatic rings. The van der Waals surface area contributed by atoms with Gasteiger partial charge in [0, 0.05) is 25.7 Å². The highest BCUT2D eigenvalue weighted by atomic mass is 16.6. The Hall–Kier alpha value is -1.95. The van der Waals surface area contributed by atoms with Gasteiger partial charge in [0.1, 0.15) is 5.69 Å². The Morgan fingerprint density at radius 1 is 1.35 bits per heavy atom. The number of amides is 1. The Bertz CT molecular complexity index is 484. The Balaban J connectivity index is 1.86. The van der Waals surface area contributed by atoms with Crippen molar-refractivity contribution in [2.45, 2.75) is 25.7 Å². The summed E-state index contributed by atoms with van der Waals surface area (Å²) in [6, 6.07) is 6.18. The number of anilines is 1. The lowest BCUT2D eigenvalue weighted by Crippen LogP contribution is -2.19. The van der Waals surface area contributed by atoms with E-state index in [1.165, 1.54) is 6.07 Å². The van der Waals surface area contributed by atoms with Gasteiger partial charge in [0.15, 0.2) is 0 Å². The molecule has 2 rings (SSSR count). The van der Waals surface area contributed by atoms with Crippen LogP contribution >= 0.6 is 0 Å². The van der Waals surface area contributed by atoms with Gasteiger partial charge in [-0.3, -0.25) is 14.9 Å². The first-order valence-corrected chi connectivity index (χ1v) is 6.78. The van der Waals surface area contributed by atoms with Crippen LogP contribution in [0.2, 0.25) is 0 Å². The standard InChI is InChI=1S/C14H18N2O4/c17-14(6-5-11-7-9-20-10-8-11)15-12-3-1-2-4-13(12)16(18)19/h1-4,11H,5-10H2,(H,15,17). The average Bonchev–Trinajstić information content (AvgIpc) is 2.46. The molecular weight excluding hydrogens is 260 g/mol. The number of ether oxygens (including phenoxy) is 1. The van der Waals surface area contributed by atoms with Crippen LogP contribution in [0.15, 0.2) is 24.3 Å². The van der Waals surface area contributed by atoms with Crippen molar-refractivity contribution in [2.24, 2.45) is 5.92 Å².